The Bertz CT molecular complexity index is 440. The smallest absolute Gasteiger partial charge is 0.317 e. The van der Waals surface area contributed by atoms with Gasteiger partial charge < -0.3 is 15.3 Å². The largest absolute Gasteiger partial charge is 0.393 e. The number of amides is 2. The van der Waals surface area contributed by atoms with Gasteiger partial charge in [0.2, 0.25) is 0 Å². The van der Waals surface area contributed by atoms with Gasteiger partial charge in [-0.25, -0.2) is 4.79 Å². The third kappa shape index (κ3) is 5.34. The highest BCUT2D eigenvalue weighted by Crippen LogP contribution is 2.20. The number of carbonyl (C=O) groups is 1. The number of nitrogens with one attached hydrogen (secondary N) is 1. The minimum absolute atomic E-state index is 0.0356. The molecule has 1 fully saturated rings. The first-order chi connectivity index (χ1) is 10.7. The Kier molecular flexibility index (Phi) is 6.72. The summed E-state index contributed by atoms with van der Waals surface area (Å²) in [6.07, 6.45) is 4.92. The highest BCUT2D eigenvalue weighted by molar-refractivity contribution is 5.74. The van der Waals surface area contributed by atoms with Crippen LogP contribution in [0, 0.1) is 0 Å². The van der Waals surface area contributed by atoms with E-state index in [1.54, 1.807) is 6.92 Å². The average Bonchev–Trinajstić information content (AvgIpc) is 2.81. The number of benzene rings is 1. The molecule has 2 N–H and O–H groups in total. The summed E-state index contributed by atoms with van der Waals surface area (Å²) in [7, 11) is 0. The highest BCUT2D eigenvalue weighted by atomic mass is 16.3. The van der Waals surface area contributed by atoms with Gasteiger partial charge >= 0.3 is 6.03 Å². The van der Waals surface area contributed by atoms with Gasteiger partial charge in [0, 0.05) is 25.6 Å². The Morgan fingerprint density at radius 3 is 2.41 bits per heavy atom. The Labute approximate surface area is 133 Å². The normalized spacial score (nSPS) is 18.4. The molecule has 22 heavy (non-hydrogen) atoms. The molecule has 1 aromatic carbocycles. The summed E-state index contributed by atoms with van der Waals surface area (Å²) in [6.45, 7) is 4.09. The van der Waals surface area contributed by atoms with Crippen LogP contribution >= 0.6 is 0 Å². The van der Waals surface area contributed by atoms with Gasteiger partial charge in [0.05, 0.1) is 6.10 Å². The third-order valence-electron chi connectivity index (χ3n) is 4.29. The van der Waals surface area contributed by atoms with Crippen molar-refractivity contribution in [1.29, 1.82) is 0 Å². The Morgan fingerprint density at radius 2 is 1.82 bits per heavy atom. The lowest BCUT2D eigenvalue weighted by Crippen LogP contribution is -2.42. The second-order valence-electron chi connectivity index (χ2n) is 6.28. The van der Waals surface area contributed by atoms with E-state index in [2.05, 4.69) is 17.4 Å². The van der Waals surface area contributed by atoms with Crippen LogP contribution in [0.15, 0.2) is 30.3 Å². The lowest BCUT2D eigenvalue weighted by molar-refractivity contribution is 0.170. The fraction of sp³-hybridized carbons (Fsp3) is 0.611. The first-order valence-corrected chi connectivity index (χ1v) is 8.42. The highest BCUT2D eigenvalue weighted by Gasteiger charge is 2.19. The van der Waals surface area contributed by atoms with E-state index in [4.69, 9.17) is 0 Å². The second kappa shape index (κ2) is 8.79. The van der Waals surface area contributed by atoms with Gasteiger partial charge in [0.15, 0.2) is 0 Å². The summed E-state index contributed by atoms with van der Waals surface area (Å²) < 4.78 is 0. The number of urea groups is 1. The number of hydrogen-bond acceptors (Lipinski definition) is 2. The molecule has 1 aliphatic heterocycles. The van der Waals surface area contributed by atoms with Crippen LogP contribution in [0.2, 0.25) is 0 Å². The molecule has 0 aliphatic carbocycles. The zero-order chi connectivity index (χ0) is 15.8. The molecule has 1 aromatic rings. The fourth-order valence-electron chi connectivity index (χ4n) is 3.07. The molecule has 0 spiro atoms. The van der Waals surface area contributed by atoms with E-state index in [0.717, 1.165) is 25.9 Å². The molecule has 1 heterocycles. The molecule has 1 saturated heterocycles. The van der Waals surface area contributed by atoms with Crippen LogP contribution in [0.1, 0.15) is 50.5 Å². The Morgan fingerprint density at radius 1 is 1.18 bits per heavy atom. The van der Waals surface area contributed by atoms with Crippen molar-refractivity contribution in [2.24, 2.45) is 0 Å². The van der Waals surface area contributed by atoms with Crippen molar-refractivity contribution in [1.82, 2.24) is 10.2 Å². The summed E-state index contributed by atoms with van der Waals surface area (Å²) in [5.74, 6) is 0.150. The number of rotatable bonds is 5. The van der Waals surface area contributed by atoms with Gasteiger partial charge in [-0.3, -0.25) is 0 Å². The molecule has 0 aromatic heterocycles. The maximum atomic E-state index is 12.3. The topological polar surface area (TPSA) is 52.6 Å². The van der Waals surface area contributed by atoms with E-state index in [1.807, 2.05) is 23.1 Å². The van der Waals surface area contributed by atoms with Gasteiger partial charge in [-0.1, -0.05) is 43.2 Å². The van der Waals surface area contributed by atoms with Crippen molar-refractivity contribution >= 4 is 6.03 Å². The zero-order valence-corrected chi connectivity index (χ0v) is 13.5. The molecular formula is C18H28N2O2. The van der Waals surface area contributed by atoms with E-state index in [1.165, 1.54) is 18.4 Å². The van der Waals surface area contributed by atoms with Crippen LogP contribution in [-0.4, -0.2) is 41.8 Å². The van der Waals surface area contributed by atoms with E-state index in [9.17, 15) is 9.90 Å². The van der Waals surface area contributed by atoms with E-state index in [0.29, 0.717) is 13.0 Å². The Hall–Kier alpha value is -1.55. The van der Waals surface area contributed by atoms with Crippen molar-refractivity contribution in [3.05, 3.63) is 35.9 Å². The minimum atomic E-state index is -0.375. The standard InChI is InChI=1S/C18H28N2O2/c1-15(21)13-17(16-9-5-4-6-10-16)14-19-18(22)20-11-7-2-3-8-12-20/h4-6,9-10,15,17,21H,2-3,7-8,11-14H2,1H3,(H,19,22). The van der Waals surface area contributed by atoms with Crippen molar-refractivity contribution < 1.29 is 9.90 Å². The van der Waals surface area contributed by atoms with Crippen LogP contribution in [0.3, 0.4) is 0 Å². The molecule has 0 radical (unpaired) electrons. The molecular weight excluding hydrogens is 276 g/mol. The zero-order valence-electron chi connectivity index (χ0n) is 13.5. The van der Waals surface area contributed by atoms with E-state index in [-0.39, 0.29) is 18.1 Å². The molecule has 2 unspecified atom stereocenters. The first-order valence-electron chi connectivity index (χ1n) is 8.42. The Balaban J connectivity index is 1.91. The molecule has 0 saturated carbocycles. The molecule has 2 atom stereocenters. The van der Waals surface area contributed by atoms with Crippen LogP contribution in [0.25, 0.3) is 0 Å². The average molecular weight is 304 g/mol. The fourth-order valence-corrected chi connectivity index (χ4v) is 3.07. The predicted octanol–water partition coefficient (Wildman–Crippen LogP) is 3.13. The van der Waals surface area contributed by atoms with Gasteiger partial charge in [0.25, 0.3) is 0 Å². The number of nitrogens with zero attached hydrogens (tertiary/aromatic N) is 1. The van der Waals surface area contributed by atoms with Crippen molar-refractivity contribution in [3.63, 3.8) is 0 Å². The van der Waals surface area contributed by atoms with Crippen LogP contribution < -0.4 is 5.32 Å². The molecule has 2 rings (SSSR count). The number of aliphatic hydroxyl groups excluding tert-OH is 1. The number of aliphatic hydroxyl groups is 1. The lowest BCUT2D eigenvalue weighted by Gasteiger charge is -2.24. The van der Waals surface area contributed by atoms with Gasteiger partial charge in [0.1, 0.15) is 0 Å². The SMILES string of the molecule is CC(O)CC(CNC(=O)N1CCCCCC1)c1ccccc1. The second-order valence-corrected chi connectivity index (χ2v) is 6.28. The first kappa shape index (κ1) is 16.8. The van der Waals surface area contributed by atoms with Gasteiger partial charge in [-0.05, 0) is 31.7 Å². The van der Waals surface area contributed by atoms with Gasteiger partial charge in [-0.2, -0.15) is 0 Å². The number of likely N-dealkylation sites (tertiary alicyclic amines) is 1. The van der Waals surface area contributed by atoms with Crippen molar-refractivity contribution in [3.8, 4) is 0 Å². The maximum absolute atomic E-state index is 12.3. The monoisotopic (exact) mass is 304 g/mol. The van der Waals surface area contributed by atoms with Crippen LogP contribution in [0.5, 0.6) is 0 Å². The van der Waals surface area contributed by atoms with Crippen molar-refractivity contribution in [2.45, 2.75) is 51.0 Å². The predicted molar refractivity (Wildman–Crippen MR) is 88.9 cm³/mol. The summed E-state index contributed by atoms with van der Waals surface area (Å²) in [6, 6.07) is 10.1. The summed E-state index contributed by atoms with van der Waals surface area (Å²) in [5.41, 5.74) is 1.17. The van der Waals surface area contributed by atoms with E-state index < -0.39 is 0 Å². The molecule has 4 heteroatoms. The van der Waals surface area contributed by atoms with E-state index >= 15 is 0 Å². The molecule has 1 aliphatic rings. The van der Waals surface area contributed by atoms with Crippen LogP contribution in [0.4, 0.5) is 4.79 Å². The van der Waals surface area contributed by atoms with Crippen molar-refractivity contribution in [2.75, 3.05) is 19.6 Å². The quantitative estimate of drug-likeness (QED) is 0.878. The number of carbonyl (C=O) groups excluding carboxylic acids is 1. The lowest BCUT2D eigenvalue weighted by atomic mass is 9.93. The summed E-state index contributed by atoms with van der Waals surface area (Å²) in [5, 5.41) is 12.8. The molecule has 0 bridgehead atoms. The minimum Gasteiger partial charge on any atom is -0.393 e. The maximum Gasteiger partial charge on any atom is 0.317 e. The van der Waals surface area contributed by atoms with Gasteiger partial charge in [-0.15, -0.1) is 0 Å². The number of hydrogen-bond donors (Lipinski definition) is 2. The third-order valence-corrected chi connectivity index (χ3v) is 4.29. The summed E-state index contributed by atoms with van der Waals surface area (Å²) in [4.78, 5) is 14.3. The summed E-state index contributed by atoms with van der Waals surface area (Å²) >= 11 is 0. The molecule has 4 nitrogen and oxygen atoms in total. The van der Waals surface area contributed by atoms with Crippen LogP contribution in [-0.2, 0) is 0 Å². The molecule has 2 amide bonds. The molecule has 122 valence electrons.